The summed E-state index contributed by atoms with van der Waals surface area (Å²) in [6, 6.07) is 3.47. The topological polar surface area (TPSA) is 22.1 Å². The summed E-state index contributed by atoms with van der Waals surface area (Å²) < 4.78 is 17.3. The van der Waals surface area contributed by atoms with Crippen LogP contribution < -0.4 is 4.74 Å². The molecule has 0 N–H and O–H groups in total. The fourth-order valence-corrected chi connectivity index (χ4v) is 0.839. The summed E-state index contributed by atoms with van der Waals surface area (Å²) in [5.74, 6) is 0.589. The number of aromatic nitrogens is 1. The van der Waals surface area contributed by atoms with E-state index in [0.717, 1.165) is 4.60 Å². The number of hydrogen-bond acceptors (Lipinski definition) is 2. The highest BCUT2D eigenvalue weighted by atomic mass is 79.9. The van der Waals surface area contributed by atoms with Gasteiger partial charge in [0.05, 0.1) is 6.20 Å². The first-order chi connectivity index (χ1) is 5.33. The molecular weight excluding hydrogens is 213 g/mol. The van der Waals surface area contributed by atoms with Gasteiger partial charge in [0.2, 0.25) is 0 Å². The molecule has 0 bridgehead atoms. The quantitative estimate of drug-likeness (QED) is 0.728. The molecule has 1 rings (SSSR count). The normalized spacial score (nSPS) is 9.64. The highest BCUT2D eigenvalue weighted by Crippen LogP contribution is 2.12. The van der Waals surface area contributed by atoms with Crippen LogP contribution in [0.2, 0.25) is 0 Å². The summed E-state index contributed by atoms with van der Waals surface area (Å²) in [4.78, 5) is 3.90. The largest absolute Gasteiger partial charge is 0.489 e. The number of nitrogens with zero attached hydrogens (tertiary/aromatic N) is 1. The summed E-state index contributed by atoms with van der Waals surface area (Å²) in [6.07, 6.45) is 1.54. The average Bonchev–Trinajstić information content (AvgIpc) is 2.04. The van der Waals surface area contributed by atoms with Gasteiger partial charge in [0.25, 0.3) is 0 Å². The molecule has 2 nitrogen and oxygen atoms in total. The molecule has 0 aliphatic carbocycles. The van der Waals surface area contributed by atoms with E-state index in [1.54, 1.807) is 18.3 Å². The molecule has 1 aromatic rings. The van der Waals surface area contributed by atoms with Crippen molar-refractivity contribution >= 4 is 15.9 Å². The zero-order valence-electron chi connectivity index (χ0n) is 5.76. The second kappa shape index (κ2) is 4.28. The van der Waals surface area contributed by atoms with Crippen molar-refractivity contribution in [3.8, 4) is 5.75 Å². The first-order valence-corrected chi connectivity index (χ1v) is 3.92. The highest BCUT2D eigenvalue weighted by Gasteiger charge is 1.92. The third-order valence-corrected chi connectivity index (χ3v) is 1.52. The summed E-state index contributed by atoms with van der Waals surface area (Å²) in [5, 5.41) is 0. The molecule has 0 saturated heterocycles. The third kappa shape index (κ3) is 2.84. The van der Waals surface area contributed by atoms with Gasteiger partial charge in [0.1, 0.15) is 23.6 Å². The predicted octanol–water partition coefficient (Wildman–Crippen LogP) is 2.19. The Morgan fingerprint density at radius 1 is 1.55 bits per heavy atom. The number of pyridine rings is 1. The van der Waals surface area contributed by atoms with Crippen molar-refractivity contribution in [1.82, 2.24) is 4.98 Å². The summed E-state index contributed by atoms with van der Waals surface area (Å²) in [6.45, 7) is -0.390. The Morgan fingerprint density at radius 3 is 2.91 bits per heavy atom. The summed E-state index contributed by atoms with van der Waals surface area (Å²) >= 11 is 3.17. The van der Waals surface area contributed by atoms with Crippen LogP contribution in [0.1, 0.15) is 0 Å². The molecule has 11 heavy (non-hydrogen) atoms. The Bertz CT molecular complexity index is 214. The number of rotatable bonds is 3. The van der Waals surface area contributed by atoms with E-state index in [0.29, 0.717) is 5.75 Å². The molecule has 60 valence electrons. The van der Waals surface area contributed by atoms with Gasteiger partial charge in [-0.1, -0.05) is 0 Å². The van der Waals surface area contributed by atoms with E-state index < -0.39 is 6.67 Å². The van der Waals surface area contributed by atoms with Gasteiger partial charge in [-0.15, -0.1) is 0 Å². The van der Waals surface area contributed by atoms with Gasteiger partial charge in [-0.2, -0.15) is 0 Å². The molecule has 0 atom stereocenters. The van der Waals surface area contributed by atoms with Gasteiger partial charge in [-0.05, 0) is 28.1 Å². The highest BCUT2D eigenvalue weighted by molar-refractivity contribution is 9.10. The average molecular weight is 220 g/mol. The van der Waals surface area contributed by atoms with Crippen LogP contribution in [-0.2, 0) is 0 Å². The first-order valence-electron chi connectivity index (χ1n) is 3.13. The van der Waals surface area contributed by atoms with E-state index in [9.17, 15) is 4.39 Å². The van der Waals surface area contributed by atoms with Crippen LogP contribution in [-0.4, -0.2) is 18.3 Å². The van der Waals surface area contributed by atoms with Crippen molar-refractivity contribution in [2.24, 2.45) is 0 Å². The van der Waals surface area contributed by atoms with Crippen molar-refractivity contribution in [2.45, 2.75) is 0 Å². The fourth-order valence-electron chi connectivity index (χ4n) is 0.604. The lowest BCUT2D eigenvalue weighted by Gasteiger charge is -2.01. The maximum atomic E-state index is 11.6. The number of alkyl halides is 1. The van der Waals surface area contributed by atoms with Crippen molar-refractivity contribution in [1.29, 1.82) is 0 Å². The van der Waals surface area contributed by atoms with Crippen LogP contribution in [0.3, 0.4) is 0 Å². The summed E-state index contributed by atoms with van der Waals surface area (Å²) in [7, 11) is 0. The van der Waals surface area contributed by atoms with Gasteiger partial charge >= 0.3 is 0 Å². The zero-order chi connectivity index (χ0) is 8.10. The van der Waals surface area contributed by atoms with Crippen molar-refractivity contribution < 1.29 is 9.13 Å². The third-order valence-electron chi connectivity index (χ3n) is 1.05. The number of hydrogen-bond donors (Lipinski definition) is 0. The maximum absolute atomic E-state index is 11.6. The lowest BCUT2D eigenvalue weighted by molar-refractivity contribution is 0.272. The minimum absolute atomic E-state index is 0.0866. The molecule has 0 unspecified atom stereocenters. The van der Waals surface area contributed by atoms with Crippen LogP contribution in [0.5, 0.6) is 5.75 Å². The number of ether oxygens (including phenoxy) is 1. The Hall–Kier alpha value is -0.640. The molecule has 0 amide bonds. The monoisotopic (exact) mass is 219 g/mol. The maximum Gasteiger partial charge on any atom is 0.137 e. The minimum Gasteiger partial charge on any atom is -0.489 e. The van der Waals surface area contributed by atoms with E-state index >= 15 is 0 Å². The Balaban J connectivity index is 2.52. The SMILES string of the molecule is FCCOc1ccc(Br)nc1. The van der Waals surface area contributed by atoms with Crippen molar-refractivity contribution in [2.75, 3.05) is 13.3 Å². The molecule has 0 radical (unpaired) electrons. The van der Waals surface area contributed by atoms with E-state index in [2.05, 4.69) is 20.9 Å². The fraction of sp³-hybridized carbons (Fsp3) is 0.286. The molecule has 0 spiro atoms. The van der Waals surface area contributed by atoms with E-state index in [4.69, 9.17) is 4.74 Å². The van der Waals surface area contributed by atoms with E-state index in [-0.39, 0.29) is 6.61 Å². The van der Waals surface area contributed by atoms with Crippen LogP contribution in [0.15, 0.2) is 22.9 Å². The number of halogens is 2. The van der Waals surface area contributed by atoms with Gasteiger partial charge in [0.15, 0.2) is 0 Å². The lowest BCUT2D eigenvalue weighted by atomic mass is 10.5. The predicted molar refractivity (Wildman–Crippen MR) is 43.4 cm³/mol. The van der Waals surface area contributed by atoms with Gasteiger partial charge in [-0.3, -0.25) is 0 Å². The van der Waals surface area contributed by atoms with Crippen LogP contribution in [0, 0.1) is 0 Å². The smallest absolute Gasteiger partial charge is 0.137 e. The standard InChI is InChI=1S/C7H7BrFNO/c8-7-2-1-6(5-10-7)11-4-3-9/h1-2,5H,3-4H2. The van der Waals surface area contributed by atoms with Crippen LogP contribution in [0.25, 0.3) is 0 Å². The Kier molecular flexibility index (Phi) is 3.29. The molecule has 0 aliphatic rings. The van der Waals surface area contributed by atoms with Crippen LogP contribution in [0.4, 0.5) is 4.39 Å². The Morgan fingerprint density at radius 2 is 2.36 bits per heavy atom. The molecule has 1 aromatic heterocycles. The zero-order valence-corrected chi connectivity index (χ0v) is 7.34. The lowest BCUT2D eigenvalue weighted by Crippen LogP contribution is -1.98. The molecule has 0 aliphatic heterocycles. The molecule has 0 aromatic carbocycles. The summed E-state index contributed by atoms with van der Waals surface area (Å²) in [5.41, 5.74) is 0. The van der Waals surface area contributed by atoms with Gasteiger partial charge in [0, 0.05) is 0 Å². The molecule has 0 fully saturated rings. The first kappa shape index (κ1) is 8.46. The van der Waals surface area contributed by atoms with E-state index in [1.807, 2.05) is 0 Å². The second-order valence-electron chi connectivity index (χ2n) is 1.85. The Labute approximate surface area is 72.5 Å². The molecule has 0 saturated carbocycles. The molecule has 1 heterocycles. The van der Waals surface area contributed by atoms with Gasteiger partial charge < -0.3 is 4.74 Å². The molecule has 4 heteroatoms. The van der Waals surface area contributed by atoms with Crippen molar-refractivity contribution in [3.05, 3.63) is 22.9 Å². The van der Waals surface area contributed by atoms with Gasteiger partial charge in [-0.25, -0.2) is 9.37 Å². The van der Waals surface area contributed by atoms with Crippen molar-refractivity contribution in [3.63, 3.8) is 0 Å². The second-order valence-corrected chi connectivity index (χ2v) is 2.67. The van der Waals surface area contributed by atoms with Crippen LogP contribution >= 0.6 is 15.9 Å². The van der Waals surface area contributed by atoms with E-state index in [1.165, 1.54) is 0 Å². The minimum atomic E-state index is -0.476. The molecular formula is C7H7BrFNO.